The van der Waals surface area contributed by atoms with Gasteiger partial charge >= 0.3 is 5.97 Å². The van der Waals surface area contributed by atoms with Gasteiger partial charge in [-0.3, -0.25) is 9.78 Å². The molecule has 192 valence electrons. The lowest BCUT2D eigenvalue weighted by Gasteiger charge is -2.38. The number of methoxy groups -OCH3 is 1. The monoisotopic (exact) mass is 508 g/mol. The zero-order valence-corrected chi connectivity index (χ0v) is 21.9. The minimum atomic E-state index is -0.742. The van der Waals surface area contributed by atoms with Crippen molar-refractivity contribution in [1.82, 2.24) is 9.88 Å². The highest BCUT2D eigenvalue weighted by molar-refractivity contribution is 7.99. The molecule has 4 rings (SSSR count). The number of rotatable bonds is 11. The lowest BCUT2D eigenvalue weighted by molar-refractivity contribution is -0.139. The number of aromatic nitrogens is 1. The number of likely N-dealkylation sites (tertiary alicyclic amines) is 1. The Morgan fingerprint density at radius 3 is 2.86 bits per heavy atom. The minimum Gasteiger partial charge on any atom is -0.497 e. The summed E-state index contributed by atoms with van der Waals surface area (Å²) in [5.74, 6) is 1.37. The molecule has 0 bridgehead atoms. The number of aliphatic hydroxyl groups excluding tert-OH is 1. The van der Waals surface area contributed by atoms with Crippen LogP contribution in [0.4, 0.5) is 0 Å². The maximum atomic E-state index is 11.6. The number of carbonyl (C=O) groups is 1. The molecule has 0 amide bonds. The normalized spacial score (nSPS) is 19.3. The third kappa shape index (κ3) is 6.99. The van der Waals surface area contributed by atoms with Gasteiger partial charge in [0.1, 0.15) is 5.75 Å². The van der Waals surface area contributed by atoms with Crippen molar-refractivity contribution in [2.75, 3.05) is 32.5 Å². The molecule has 3 aromatic rings. The molecule has 1 fully saturated rings. The summed E-state index contributed by atoms with van der Waals surface area (Å²) in [6, 6.07) is 16.1. The molecule has 0 spiro atoms. The van der Waals surface area contributed by atoms with Crippen LogP contribution in [0.5, 0.6) is 5.75 Å². The number of carboxylic acid groups (broad SMARTS) is 1. The molecule has 2 N–H and O–H groups in total. The number of hydrogen-bond acceptors (Lipinski definition) is 6. The Kier molecular flexibility index (Phi) is 9.24. The van der Waals surface area contributed by atoms with Crippen LogP contribution in [-0.2, 0) is 4.79 Å². The van der Waals surface area contributed by atoms with Gasteiger partial charge in [-0.1, -0.05) is 17.7 Å². The number of nitrogens with zero attached hydrogens (tertiary/aromatic N) is 2. The first-order valence-corrected chi connectivity index (χ1v) is 13.7. The number of ether oxygens (including phenoxy) is 1. The van der Waals surface area contributed by atoms with Gasteiger partial charge in [0, 0.05) is 41.7 Å². The van der Waals surface area contributed by atoms with Gasteiger partial charge in [-0.2, -0.15) is 0 Å². The maximum absolute atomic E-state index is 11.6. The van der Waals surface area contributed by atoms with Gasteiger partial charge < -0.3 is 19.8 Å². The molecule has 36 heavy (non-hydrogen) atoms. The zero-order valence-electron chi connectivity index (χ0n) is 21.1. The quantitative estimate of drug-likeness (QED) is 0.328. The van der Waals surface area contributed by atoms with Crippen LogP contribution in [0.25, 0.3) is 10.9 Å². The van der Waals surface area contributed by atoms with Crippen molar-refractivity contribution in [1.29, 1.82) is 0 Å². The molecule has 1 unspecified atom stereocenters. The van der Waals surface area contributed by atoms with Crippen molar-refractivity contribution < 1.29 is 19.7 Å². The fourth-order valence-electron chi connectivity index (χ4n) is 5.28. The van der Waals surface area contributed by atoms with Crippen LogP contribution in [0.3, 0.4) is 0 Å². The number of aryl methyl sites for hydroxylation is 1. The van der Waals surface area contributed by atoms with E-state index in [0.717, 1.165) is 60.4 Å². The van der Waals surface area contributed by atoms with Crippen molar-refractivity contribution in [3.05, 3.63) is 65.9 Å². The summed E-state index contributed by atoms with van der Waals surface area (Å²) in [5, 5.41) is 21.5. The average molecular weight is 509 g/mol. The summed E-state index contributed by atoms with van der Waals surface area (Å²) in [6.45, 7) is 4.84. The molecule has 1 saturated heterocycles. The third-order valence-electron chi connectivity index (χ3n) is 7.23. The van der Waals surface area contributed by atoms with Crippen LogP contribution in [-0.4, -0.2) is 58.6 Å². The van der Waals surface area contributed by atoms with E-state index in [0.29, 0.717) is 12.3 Å². The summed E-state index contributed by atoms with van der Waals surface area (Å²) in [5.41, 5.74) is 2.94. The van der Waals surface area contributed by atoms with Crippen LogP contribution in [0.15, 0.2) is 59.6 Å². The van der Waals surface area contributed by atoms with E-state index in [1.807, 2.05) is 36.0 Å². The number of aliphatic hydroxyl groups is 1. The Hall–Kier alpha value is -2.61. The van der Waals surface area contributed by atoms with Crippen molar-refractivity contribution in [2.24, 2.45) is 11.8 Å². The van der Waals surface area contributed by atoms with E-state index < -0.39 is 12.1 Å². The van der Waals surface area contributed by atoms with E-state index in [9.17, 15) is 15.0 Å². The van der Waals surface area contributed by atoms with Crippen LogP contribution >= 0.6 is 11.8 Å². The molecular weight excluding hydrogens is 472 g/mol. The van der Waals surface area contributed by atoms with Gasteiger partial charge in [-0.05, 0) is 86.5 Å². The second-order valence-electron chi connectivity index (χ2n) is 9.75. The second kappa shape index (κ2) is 12.6. The molecule has 2 aromatic carbocycles. The fourth-order valence-corrected chi connectivity index (χ4v) is 6.31. The highest BCUT2D eigenvalue weighted by atomic mass is 32.2. The number of hydrogen-bond donors (Lipinski definition) is 2. The molecule has 1 aromatic heterocycles. The van der Waals surface area contributed by atoms with E-state index in [4.69, 9.17) is 4.74 Å². The summed E-state index contributed by atoms with van der Waals surface area (Å²) < 4.78 is 5.36. The molecule has 7 heteroatoms. The molecular formula is C29H36N2O4S. The lowest BCUT2D eigenvalue weighted by Crippen LogP contribution is -2.42. The Balaban J connectivity index is 1.34. The first-order chi connectivity index (χ1) is 17.4. The minimum absolute atomic E-state index is 0.0988. The van der Waals surface area contributed by atoms with Crippen LogP contribution in [0, 0.1) is 18.8 Å². The largest absolute Gasteiger partial charge is 0.497 e. The molecule has 3 atom stereocenters. The van der Waals surface area contributed by atoms with E-state index in [1.54, 1.807) is 13.3 Å². The lowest BCUT2D eigenvalue weighted by atomic mass is 9.79. The van der Waals surface area contributed by atoms with Crippen LogP contribution in [0.1, 0.15) is 42.9 Å². The standard InChI is InChI=1S/C29H36N2O4S/c1-20-4-3-5-24(16-20)36-15-14-31-13-11-21(22(19-31)17-29(33)34)6-9-28(32)25-10-12-30-27-8-7-23(35-2)18-26(25)27/h3-5,7-8,10,12,16,18,21-22,28,32H,6,9,11,13-15,17,19H2,1-2H3,(H,33,34)/t21-,22+,28?/m1/s1. The number of carboxylic acids is 1. The van der Waals surface area contributed by atoms with Crippen molar-refractivity contribution in [3.8, 4) is 5.75 Å². The smallest absolute Gasteiger partial charge is 0.303 e. The van der Waals surface area contributed by atoms with Gasteiger partial charge in [-0.15, -0.1) is 11.8 Å². The number of aliphatic carboxylic acids is 1. The van der Waals surface area contributed by atoms with Crippen molar-refractivity contribution in [2.45, 2.75) is 43.6 Å². The van der Waals surface area contributed by atoms with E-state index in [2.05, 4.69) is 41.1 Å². The summed E-state index contributed by atoms with van der Waals surface area (Å²) in [6.07, 6.45) is 3.65. The second-order valence-corrected chi connectivity index (χ2v) is 10.9. The first-order valence-electron chi connectivity index (χ1n) is 12.7. The summed E-state index contributed by atoms with van der Waals surface area (Å²) in [7, 11) is 1.63. The van der Waals surface area contributed by atoms with Gasteiger partial charge in [0.05, 0.1) is 18.7 Å². The van der Waals surface area contributed by atoms with Gasteiger partial charge in [0.2, 0.25) is 0 Å². The van der Waals surface area contributed by atoms with Crippen LogP contribution in [0.2, 0.25) is 0 Å². The number of piperidine rings is 1. The molecule has 1 aliphatic heterocycles. The van der Waals surface area contributed by atoms with Crippen molar-refractivity contribution in [3.63, 3.8) is 0 Å². The van der Waals surface area contributed by atoms with E-state index in [-0.39, 0.29) is 12.3 Å². The summed E-state index contributed by atoms with van der Waals surface area (Å²) >= 11 is 1.85. The van der Waals surface area contributed by atoms with Gasteiger partial charge in [0.15, 0.2) is 0 Å². The zero-order chi connectivity index (χ0) is 25.5. The third-order valence-corrected chi connectivity index (χ3v) is 8.20. The van der Waals surface area contributed by atoms with Gasteiger partial charge in [-0.25, -0.2) is 0 Å². The number of thioether (sulfide) groups is 1. The number of fused-ring (bicyclic) bond motifs is 1. The van der Waals surface area contributed by atoms with Crippen LogP contribution < -0.4 is 4.74 Å². The molecule has 6 nitrogen and oxygen atoms in total. The number of pyridine rings is 1. The topological polar surface area (TPSA) is 82.9 Å². The molecule has 1 aliphatic rings. The molecule has 0 aliphatic carbocycles. The SMILES string of the molecule is COc1ccc2nccc(C(O)CC[C@@H]3CCN(CCSc4cccc(C)c4)C[C@@H]3CC(=O)O)c2c1. The molecule has 2 heterocycles. The predicted octanol–water partition coefficient (Wildman–Crippen LogP) is 5.57. The Morgan fingerprint density at radius 2 is 2.08 bits per heavy atom. The Morgan fingerprint density at radius 1 is 1.22 bits per heavy atom. The van der Waals surface area contributed by atoms with E-state index >= 15 is 0 Å². The molecule has 0 radical (unpaired) electrons. The first kappa shape index (κ1) is 26.5. The molecule has 0 saturated carbocycles. The Bertz CT molecular complexity index is 1170. The Labute approximate surface area is 217 Å². The van der Waals surface area contributed by atoms with E-state index in [1.165, 1.54) is 10.5 Å². The maximum Gasteiger partial charge on any atom is 0.303 e. The fraction of sp³-hybridized carbons (Fsp3) is 0.448. The predicted molar refractivity (Wildman–Crippen MR) is 145 cm³/mol. The summed E-state index contributed by atoms with van der Waals surface area (Å²) in [4.78, 5) is 19.7. The highest BCUT2D eigenvalue weighted by Crippen LogP contribution is 2.35. The average Bonchev–Trinajstić information content (AvgIpc) is 2.87. The highest BCUT2D eigenvalue weighted by Gasteiger charge is 2.31. The van der Waals surface area contributed by atoms with Gasteiger partial charge in [0.25, 0.3) is 0 Å². The number of benzene rings is 2. The van der Waals surface area contributed by atoms with Crippen molar-refractivity contribution >= 4 is 28.6 Å².